The Morgan fingerprint density at radius 3 is 2.64 bits per heavy atom. The molecular weight excluding hydrogens is 357 g/mol. The molecule has 0 aliphatic rings. The molecule has 0 aliphatic carbocycles. The lowest BCUT2D eigenvalue weighted by Crippen LogP contribution is -2.15. The van der Waals surface area contributed by atoms with Crippen molar-refractivity contribution < 1.29 is 18.0 Å². The fourth-order valence-corrected chi connectivity index (χ4v) is 2.47. The van der Waals surface area contributed by atoms with Gasteiger partial charge < -0.3 is 5.32 Å². The predicted molar refractivity (Wildman–Crippen MR) is 86.6 cm³/mol. The molecule has 0 saturated carbocycles. The highest BCUT2D eigenvalue weighted by atomic mass is 35.5. The summed E-state index contributed by atoms with van der Waals surface area (Å²) in [5.41, 5.74) is 0.227. The number of carbonyl (C=O) groups excluding carboxylic acids is 1. The van der Waals surface area contributed by atoms with Gasteiger partial charge in [0.25, 0.3) is 5.91 Å². The first-order valence-corrected chi connectivity index (χ1v) is 7.55. The Morgan fingerprint density at radius 1 is 1.24 bits per heavy atom. The van der Waals surface area contributed by atoms with E-state index in [9.17, 15) is 18.0 Å². The Labute approximate surface area is 145 Å². The molecule has 0 aliphatic heterocycles. The summed E-state index contributed by atoms with van der Waals surface area (Å²) in [6, 6.07) is 6.52. The molecule has 1 aromatic carbocycles. The minimum Gasteiger partial charge on any atom is -0.318 e. The Morgan fingerprint density at radius 2 is 1.96 bits per heavy atom. The second kappa shape index (κ2) is 6.03. The lowest BCUT2D eigenvalue weighted by molar-refractivity contribution is 0.0868. The monoisotopic (exact) mass is 368 g/mol. The van der Waals surface area contributed by atoms with Crippen LogP contribution < -0.4 is 5.32 Å². The van der Waals surface area contributed by atoms with Gasteiger partial charge >= 0.3 is 5.38 Å². The van der Waals surface area contributed by atoms with Crippen molar-refractivity contribution in [3.63, 3.8) is 0 Å². The highest BCUT2D eigenvalue weighted by Gasteiger charge is 2.32. The number of aryl methyl sites for hydroxylation is 2. The van der Waals surface area contributed by atoms with Crippen LogP contribution in [0.5, 0.6) is 0 Å². The van der Waals surface area contributed by atoms with E-state index in [1.165, 1.54) is 25.1 Å². The zero-order valence-corrected chi connectivity index (χ0v) is 13.9. The van der Waals surface area contributed by atoms with Crippen molar-refractivity contribution in [2.45, 2.75) is 19.2 Å². The normalized spacial score (nSPS) is 11.8. The van der Waals surface area contributed by atoms with Gasteiger partial charge in [-0.05, 0) is 49.2 Å². The maximum absolute atomic E-state index is 13.8. The van der Waals surface area contributed by atoms with Crippen LogP contribution in [-0.4, -0.2) is 20.5 Å². The standard InChI is InChI=1S/C16H12ClF3N4O/c1-8-3-4-10(18)11(5-8)22-15(25)12-7-14-21-9(2)6-13(16(17,19)20)24(14)23-12/h3-7H,1-2H3,(H,22,25). The fourth-order valence-electron chi connectivity index (χ4n) is 2.33. The van der Waals surface area contributed by atoms with Gasteiger partial charge in [0.2, 0.25) is 0 Å². The largest absolute Gasteiger partial charge is 0.364 e. The van der Waals surface area contributed by atoms with Gasteiger partial charge in [-0.15, -0.1) is 0 Å². The molecule has 1 amide bonds. The van der Waals surface area contributed by atoms with Gasteiger partial charge in [-0.1, -0.05) is 6.07 Å². The average Bonchev–Trinajstić information content (AvgIpc) is 2.92. The van der Waals surface area contributed by atoms with Gasteiger partial charge in [0, 0.05) is 11.8 Å². The number of nitrogens with zero attached hydrogens (tertiary/aromatic N) is 3. The number of aromatic nitrogens is 3. The van der Waals surface area contributed by atoms with E-state index in [-0.39, 0.29) is 17.0 Å². The molecular formula is C16H12ClF3N4O. The van der Waals surface area contributed by atoms with Gasteiger partial charge in [0.05, 0.1) is 5.69 Å². The van der Waals surface area contributed by atoms with Crippen LogP contribution in [0.2, 0.25) is 0 Å². The molecule has 1 N–H and O–H groups in total. The molecule has 130 valence electrons. The van der Waals surface area contributed by atoms with Crippen LogP contribution >= 0.6 is 11.6 Å². The SMILES string of the molecule is Cc1ccc(F)c(NC(=O)c2cc3nc(C)cc(C(F)(F)Cl)n3n2)c1. The third-order valence-electron chi connectivity index (χ3n) is 3.45. The summed E-state index contributed by atoms with van der Waals surface area (Å²) in [6.45, 7) is 3.25. The average molecular weight is 369 g/mol. The van der Waals surface area contributed by atoms with Crippen LogP contribution in [0.4, 0.5) is 18.9 Å². The number of rotatable bonds is 3. The van der Waals surface area contributed by atoms with Crippen LogP contribution in [0.15, 0.2) is 30.3 Å². The molecule has 3 rings (SSSR count). The number of alkyl halides is 3. The summed E-state index contributed by atoms with van der Waals surface area (Å²) in [5, 5.41) is 2.50. The summed E-state index contributed by atoms with van der Waals surface area (Å²) >= 11 is 5.09. The lowest BCUT2D eigenvalue weighted by Gasteiger charge is -2.10. The van der Waals surface area contributed by atoms with Crippen LogP contribution in [0.1, 0.15) is 27.4 Å². The minimum atomic E-state index is -3.69. The summed E-state index contributed by atoms with van der Waals surface area (Å²) < 4.78 is 41.6. The summed E-state index contributed by atoms with van der Waals surface area (Å²) in [7, 11) is 0. The first kappa shape index (κ1) is 17.2. The number of anilines is 1. The predicted octanol–water partition coefficient (Wildman–Crippen LogP) is 4.03. The van der Waals surface area contributed by atoms with E-state index in [2.05, 4.69) is 15.4 Å². The second-order valence-electron chi connectivity index (χ2n) is 5.52. The molecule has 0 spiro atoms. The quantitative estimate of drug-likeness (QED) is 0.710. The number of halogens is 4. The number of hydrogen-bond acceptors (Lipinski definition) is 3. The minimum absolute atomic E-state index is 0.0326. The maximum atomic E-state index is 13.8. The highest BCUT2D eigenvalue weighted by molar-refractivity contribution is 6.21. The van der Waals surface area contributed by atoms with Crippen LogP contribution in [0.3, 0.4) is 0 Å². The zero-order chi connectivity index (χ0) is 18.4. The number of carbonyl (C=O) groups is 1. The molecule has 0 saturated heterocycles. The molecule has 0 radical (unpaired) electrons. The van der Waals surface area contributed by atoms with Crippen molar-refractivity contribution in [2.75, 3.05) is 5.32 Å². The van der Waals surface area contributed by atoms with E-state index < -0.39 is 22.8 Å². The van der Waals surface area contributed by atoms with Crippen LogP contribution in [0.25, 0.3) is 5.65 Å². The Bertz CT molecular complexity index is 981. The van der Waals surface area contributed by atoms with Gasteiger partial charge in [-0.2, -0.15) is 13.9 Å². The van der Waals surface area contributed by atoms with E-state index in [0.717, 1.165) is 16.1 Å². The van der Waals surface area contributed by atoms with Gasteiger partial charge in [-0.25, -0.2) is 13.9 Å². The molecule has 2 aromatic heterocycles. The molecule has 9 heteroatoms. The third kappa shape index (κ3) is 3.43. The van der Waals surface area contributed by atoms with Crippen molar-refractivity contribution in [3.8, 4) is 0 Å². The van der Waals surface area contributed by atoms with Crippen molar-refractivity contribution in [1.82, 2.24) is 14.6 Å². The topological polar surface area (TPSA) is 59.3 Å². The number of hydrogen-bond donors (Lipinski definition) is 1. The van der Waals surface area contributed by atoms with Gasteiger partial charge in [0.15, 0.2) is 11.3 Å². The third-order valence-corrected chi connectivity index (χ3v) is 3.64. The van der Waals surface area contributed by atoms with Gasteiger partial charge in [0.1, 0.15) is 11.5 Å². The summed E-state index contributed by atoms with van der Waals surface area (Å²) in [5.74, 6) is -1.37. The lowest BCUT2D eigenvalue weighted by atomic mass is 10.2. The maximum Gasteiger partial charge on any atom is 0.364 e. The first-order chi connectivity index (χ1) is 11.6. The van der Waals surface area contributed by atoms with Crippen LogP contribution in [-0.2, 0) is 5.38 Å². The first-order valence-electron chi connectivity index (χ1n) is 7.17. The Kier molecular flexibility index (Phi) is 4.16. The van der Waals surface area contributed by atoms with Crippen molar-refractivity contribution in [1.29, 1.82) is 0 Å². The molecule has 2 heterocycles. The molecule has 0 unspecified atom stereocenters. The van der Waals surface area contributed by atoms with E-state index in [4.69, 9.17) is 11.6 Å². The summed E-state index contributed by atoms with van der Waals surface area (Å²) in [6.07, 6.45) is 0. The number of amides is 1. The molecule has 0 atom stereocenters. The van der Waals surface area contributed by atoms with E-state index in [0.29, 0.717) is 5.69 Å². The molecule has 5 nitrogen and oxygen atoms in total. The van der Waals surface area contributed by atoms with Gasteiger partial charge in [-0.3, -0.25) is 4.79 Å². The second-order valence-corrected chi connectivity index (χ2v) is 5.99. The smallest absolute Gasteiger partial charge is 0.318 e. The molecule has 25 heavy (non-hydrogen) atoms. The highest BCUT2D eigenvalue weighted by Crippen LogP contribution is 2.32. The van der Waals surface area contributed by atoms with E-state index >= 15 is 0 Å². The van der Waals surface area contributed by atoms with Crippen molar-refractivity contribution >= 4 is 28.8 Å². The molecule has 0 bridgehead atoms. The number of benzene rings is 1. The summed E-state index contributed by atoms with van der Waals surface area (Å²) in [4.78, 5) is 16.3. The van der Waals surface area contributed by atoms with E-state index in [1.807, 2.05) is 0 Å². The van der Waals surface area contributed by atoms with Crippen molar-refractivity contribution in [3.05, 3.63) is 58.8 Å². The van der Waals surface area contributed by atoms with Crippen LogP contribution in [0, 0.1) is 19.7 Å². The number of nitrogens with one attached hydrogen (secondary N) is 1. The fraction of sp³-hybridized carbons (Fsp3) is 0.188. The molecule has 3 aromatic rings. The Balaban J connectivity index is 2.02. The molecule has 0 fully saturated rings. The Hall–Kier alpha value is -2.61. The number of fused-ring (bicyclic) bond motifs is 1. The van der Waals surface area contributed by atoms with Crippen molar-refractivity contribution in [2.24, 2.45) is 0 Å². The van der Waals surface area contributed by atoms with E-state index in [1.54, 1.807) is 13.0 Å². The zero-order valence-electron chi connectivity index (χ0n) is 13.1.